The Morgan fingerprint density at radius 1 is 0.978 bits per heavy atom. The van der Waals surface area contributed by atoms with Crippen LogP contribution in [-0.2, 0) is 30.6 Å². The summed E-state index contributed by atoms with van der Waals surface area (Å²) in [4.78, 5) is 31.1. The molecule has 1 N–H and O–H groups in total. The molecule has 10 heteroatoms. The maximum atomic E-state index is 13.3. The highest BCUT2D eigenvalue weighted by Crippen LogP contribution is 2.36. The van der Waals surface area contributed by atoms with Gasteiger partial charge in [-0.1, -0.05) is 71.7 Å². The molecule has 0 saturated carbocycles. The van der Waals surface area contributed by atoms with Gasteiger partial charge in [0.1, 0.15) is 15.8 Å². The zero-order valence-corrected chi connectivity index (χ0v) is 26.8. The summed E-state index contributed by atoms with van der Waals surface area (Å²) in [5.74, 6) is 0.969. The second-order valence-electron chi connectivity index (χ2n) is 10.9. The minimum atomic E-state index is -0.873. The summed E-state index contributed by atoms with van der Waals surface area (Å²) in [6, 6.07) is 23.8. The zero-order chi connectivity index (χ0) is 31.5. The number of fused-ring (bicyclic) bond motifs is 1. The van der Waals surface area contributed by atoms with Crippen molar-refractivity contribution < 1.29 is 23.8 Å². The van der Waals surface area contributed by atoms with Crippen LogP contribution >= 0.6 is 34.5 Å². The van der Waals surface area contributed by atoms with Gasteiger partial charge in [-0.15, -0.1) is 11.3 Å². The third kappa shape index (κ3) is 6.93. The predicted molar refractivity (Wildman–Crippen MR) is 176 cm³/mol. The number of thiophene rings is 1. The number of hydrogen-bond donors (Lipinski definition) is 1. The number of aliphatic carboxylic acids is 1. The fourth-order valence-corrected chi connectivity index (χ4v) is 7.07. The van der Waals surface area contributed by atoms with E-state index >= 15 is 0 Å². The Hall–Kier alpha value is -4.11. The van der Waals surface area contributed by atoms with E-state index in [1.807, 2.05) is 49.4 Å². The number of carboxylic acid groups (broad SMARTS) is 1. The van der Waals surface area contributed by atoms with E-state index in [2.05, 4.69) is 24.3 Å². The highest BCUT2D eigenvalue weighted by Gasteiger charge is 2.28. The lowest BCUT2D eigenvalue weighted by Gasteiger charge is -2.31. The van der Waals surface area contributed by atoms with E-state index in [1.54, 1.807) is 11.0 Å². The summed E-state index contributed by atoms with van der Waals surface area (Å²) in [6.45, 7) is 3.09. The summed E-state index contributed by atoms with van der Waals surface area (Å²) >= 11 is 13.5. The lowest BCUT2D eigenvalue weighted by molar-refractivity contribution is -0.136. The number of rotatable bonds is 10. The van der Waals surface area contributed by atoms with E-state index in [4.69, 9.17) is 37.3 Å². The molecule has 0 spiro atoms. The molecule has 2 aromatic heterocycles. The molecular formula is C35H30Cl2N2O5S. The van der Waals surface area contributed by atoms with E-state index in [0.717, 1.165) is 61.9 Å². The summed E-state index contributed by atoms with van der Waals surface area (Å²) in [7, 11) is 0. The standard InChI is InChI=1S/C35H30Cl2N2O5S/c1-21-29(38-34(44-21)25-9-7-23(8-10-25)22-5-3-2-4-6-22)16-18-43-30-13-11-24(12-14-32(40)41)28-20-39(17-15-26(28)30)35(42)27-19-31(36)45-33(27)37/h2-11,13,19H,12,14-18,20H2,1H3,(H,40,41). The largest absolute Gasteiger partial charge is 0.493 e. The summed E-state index contributed by atoms with van der Waals surface area (Å²) in [6.07, 6.45) is 1.47. The van der Waals surface area contributed by atoms with Gasteiger partial charge in [0.15, 0.2) is 0 Å². The lowest BCUT2D eigenvalue weighted by Crippen LogP contribution is -2.36. The van der Waals surface area contributed by atoms with E-state index < -0.39 is 5.97 Å². The van der Waals surface area contributed by atoms with Gasteiger partial charge in [0.05, 0.1) is 22.2 Å². The molecule has 230 valence electrons. The first-order chi connectivity index (χ1) is 21.8. The van der Waals surface area contributed by atoms with Crippen LogP contribution in [0.3, 0.4) is 0 Å². The Balaban J connectivity index is 1.16. The molecule has 6 rings (SSSR count). The number of aryl methyl sites for hydroxylation is 2. The molecule has 3 heterocycles. The van der Waals surface area contributed by atoms with Crippen molar-refractivity contribution in [2.75, 3.05) is 13.2 Å². The maximum Gasteiger partial charge on any atom is 0.303 e. The monoisotopic (exact) mass is 660 g/mol. The fourth-order valence-electron chi connectivity index (χ4n) is 5.63. The lowest BCUT2D eigenvalue weighted by atomic mass is 9.91. The van der Waals surface area contributed by atoms with Crippen LogP contribution in [0.4, 0.5) is 0 Å². The molecule has 1 aliphatic rings. The number of carbonyl (C=O) groups excluding carboxylic acids is 1. The van der Waals surface area contributed by atoms with Crippen LogP contribution < -0.4 is 4.74 Å². The summed E-state index contributed by atoms with van der Waals surface area (Å²) < 4.78 is 13.1. The van der Waals surface area contributed by atoms with E-state index in [1.165, 1.54) is 0 Å². The van der Waals surface area contributed by atoms with Crippen molar-refractivity contribution in [2.24, 2.45) is 0 Å². The van der Waals surface area contributed by atoms with Crippen LogP contribution in [0.2, 0.25) is 8.67 Å². The Kier molecular flexibility index (Phi) is 9.26. The molecule has 0 fully saturated rings. The fraction of sp³-hybridized carbons (Fsp3) is 0.229. The quantitative estimate of drug-likeness (QED) is 0.161. The van der Waals surface area contributed by atoms with Gasteiger partial charge >= 0.3 is 5.97 Å². The van der Waals surface area contributed by atoms with Crippen molar-refractivity contribution in [3.8, 4) is 28.3 Å². The Labute approximate surface area is 275 Å². The minimum absolute atomic E-state index is 0.00465. The van der Waals surface area contributed by atoms with Crippen LogP contribution in [0, 0.1) is 6.92 Å². The normalized spacial score (nSPS) is 12.6. The molecule has 5 aromatic rings. The van der Waals surface area contributed by atoms with E-state index in [9.17, 15) is 14.7 Å². The van der Waals surface area contributed by atoms with Crippen LogP contribution in [-0.4, -0.2) is 40.0 Å². The SMILES string of the molecule is Cc1oc(-c2ccc(-c3ccccc3)cc2)nc1CCOc1ccc(CCC(=O)O)c2c1CCN(C(=O)c1cc(Cl)sc1Cl)C2. The van der Waals surface area contributed by atoms with Crippen molar-refractivity contribution in [1.82, 2.24) is 9.88 Å². The van der Waals surface area contributed by atoms with Crippen molar-refractivity contribution >= 4 is 46.4 Å². The molecule has 0 atom stereocenters. The number of aromatic nitrogens is 1. The molecule has 3 aromatic carbocycles. The smallest absolute Gasteiger partial charge is 0.303 e. The zero-order valence-electron chi connectivity index (χ0n) is 24.5. The maximum absolute atomic E-state index is 13.3. The minimum Gasteiger partial charge on any atom is -0.493 e. The van der Waals surface area contributed by atoms with Gasteiger partial charge in [-0.05, 0) is 66.3 Å². The van der Waals surface area contributed by atoms with E-state index in [0.29, 0.717) is 59.1 Å². The first-order valence-corrected chi connectivity index (χ1v) is 16.2. The highest BCUT2D eigenvalue weighted by molar-refractivity contribution is 7.20. The number of benzene rings is 3. The van der Waals surface area contributed by atoms with Gasteiger partial charge in [-0.2, -0.15) is 0 Å². The average Bonchev–Trinajstić information content (AvgIpc) is 3.60. The van der Waals surface area contributed by atoms with Gasteiger partial charge in [0.25, 0.3) is 5.91 Å². The number of halogens is 2. The van der Waals surface area contributed by atoms with Crippen LogP contribution in [0.25, 0.3) is 22.6 Å². The van der Waals surface area contributed by atoms with Crippen LogP contribution in [0.15, 0.2) is 77.2 Å². The molecule has 0 bridgehead atoms. The molecule has 0 unspecified atom stereocenters. The Bertz CT molecular complexity index is 1850. The topological polar surface area (TPSA) is 92.9 Å². The van der Waals surface area contributed by atoms with Gasteiger partial charge in [-0.25, -0.2) is 4.98 Å². The van der Waals surface area contributed by atoms with Crippen molar-refractivity contribution in [3.63, 3.8) is 0 Å². The third-order valence-electron chi connectivity index (χ3n) is 7.98. The highest BCUT2D eigenvalue weighted by atomic mass is 35.5. The number of carbonyl (C=O) groups is 2. The van der Waals surface area contributed by atoms with Crippen molar-refractivity contribution in [1.29, 1.82) is 0 Å². The van der Waals surface area contributed by atoms with Gasteiger partial charge in [0.2, 0.25) is 5.89 Å². The number of oxazole rings is 1. The number of nitrogens with zero attached hydrogens (tertiary/aromatic N) is 2. The Morgan fingerprint density at radius 3 is 2.42 bits per heavy atom. The molecule has 45 heavy (non-hydrogen) atoms. The van der Waals surface area contributed by atoms with Crippen molar-refractivity contribution in [2.45, 2.75) is 39.2 Å². The van der Waals surface area contributed by atoms with Crippen molar-refractivity contribution in [3.05, 3.63) is 115 Å². The first kappa shape index (κ1) is 30.9. The molecule has 0 aliphatic carbocycles. The van der Waals surface area contributed by atoms with Crippen LogP contribution in [0.5, 0.6) is 5.75 Å². The molecule has 0 saturated heterocycles. The van der Waals surface area contributed by atoms with E-state index in [-0.39, 0.29) is 12.3 Å². The molecule has 7 nitrogen and oxygen atoms in total. The van der Waals surface area contributed by atoms with Gasteiger partial charge in [0, 0.05) is 37.1 Å². The average molecular weight is 662 g/mol. The molecule has 0 radical (unpaired) electrons. The summed E-state index contributed by atoms with van der Waals surface area (Å²) in [5.41, 5.74) is 7.19. The summed E-state index contributed by atoms with van der Waals surface area (Å²) in [5, 5.41) is 9.31. The molecular weight excluding hydrogens is 631 g/mol. The number of hydrogen-bond acceptors (Lipinski definition) is 6. The van der Waals surface area contributed by atoms with Gasteiger partial charge < -0.3 is 19.2 Å². The number of amides is 1. The van der Waals surface area contributed by atoms with Crippen LogP contribution in [0.1, 0.15) is 44.9 Å². The first-order valence-electron chi connectivity index (χ1n) is 14.6. The third-order valence-corrected chi connectivity index (χ3v) is 9.46. The molecule has 1 amide bonds. The Morgan fingerprint density at radius 2 is 1.71 bits per heavy atom. The van der Waals surface area contributed by atoms with Gasteiger partial charge in [-0.3, -0.25) is 9.59 Å². The second-order valence-corrected chi connectivity index (χ2v) is 13.1. The predicted octanol–water partition coefficient (Wildman–Crippen LogP) is 8.52. The number of carboxylic acids is 1. The molecule has 1 aliphatic heterocycles. The number of ether oxygens (including phenoxy) is 1. The second kappa shape index (κ2) is 13.5.